The van der Waals surface area contributed by atoms with Crippen molar-refractivity contribution in [2.75, 3.05) is 6.26 Å². The molecule has 1 aromatic heterocycles. The highest BCUT2D eigenvalue weighted by molar-refractivity contribution is 7.98. The van der Waals surface area contributed by atoms with Crippen molar-refractivity contribution in [3.63, 3.8) is 0 Å². The van der Waals surface area contributed by atoms with Gasteiger partial charge in [0.05, 0.1) is 5.52 Å². The Morgan fingerprint density at radius 1 is 1.31 bits per heavy atom. The summed E-state index contributed by atoms with van der Waals surface area (Å²) in [4.78, 5) is 3.63. The molecule has 0 atom stereocenters. The van der Waals surface area contributed by atoms with E-state index in [0.717, 1.165) is 11.0 Å². The lowest BCUT2D eigenvalue weighted by molar-refractivity contribution is 0.591. The second-order valence-corrected chi connectivity index (χ2v) is 3.52. The SMILES string of the molecule is CSc1c[nH]c2c(F)cc(F)cc12. The minimum atomic E-state index is -0.546. The smallest absolute Gasteiger partial charge is 0.150 e. The van der Waals surface area contributed by atoms with Crippen LogP contribution in [-0.4, -0.2) is 11.2 Å². The van der Waals surface area contributed by atoms with Crippen molar-refractivity contribution >= 4 is 22.7 Å². The van der Waals surface area contributed by atoms with E-state index in [2.05, 4.69) is 4.98 Å². The highest BCUT2D eigenvalue weighted by Crippen LogP contribution is 2.28. The first kappa shape index (κ1) is 8.56. The van der Waals surface area contributed by atoms with Gasteiger partial charge < -0.3 is 4.98 Å². The molecule has 0 fully saturated rings. The van der Waals surface area contributed by atoms with Gasteiger partial charge in [-0.2, -0.15) is 0 Å². The van der Waals surface area contributed by atoms with E-state index < -0.39 is 11.6 Å². The molecule has 0 unspecified atom stereocenters. The summed E-state index contributed by atoms with van der Waals surface area (Å²) in [6.07, 6.45) is 3.54. The summed E-state index contributed by atoms with van der Waals surface area (Å²) in [5.74, 6) is -1.09. The fraction of sp³-hybridized carbons (Fsp3) is 0.111. The minimum Gasteiger partial charge on any atom is -0.358 e. The molecule has 0 aliphatic rings. The first-order valence-corrected chi connectivity index (χ1v) is 4.95. The molecule has 0 spiro atoms. The van der Waals surface area contributed by atoms with E-state index in [0.29, 0.717) is 10.9 Å². The van der Waals surface area contributed by atoms with Gasteiger partial charge in [0.1, 0.15) is 11.6 Å². The summed E-state index contributed by atoms with van der Waals surface area (Å²) in [6.45, 7) is 0. The van der Waals surface area contributed by atoms with Gasteiger partial charge in [0.2, 0.25) is 0 Å². The predicted molar refractivity (Wildman–Crippen MR) is 50.0 cm³/mol. The van der Waals surface area contributed by atoms with Crippen LogP contribution in [-0.2, 0) is 0 Å². The molecule has 4 heteroatoms. The maximum absolute atomic E-state index is 13.1. The summed E-state index contributed by atoms with van der Waals surface area (Å²) in [6, 6.07) is 2.21. The zero-order valence-electron chi connectivity index (χ0n) is 6.90. The van der Waals surface area contributed by atoms with Crippen LogP contribution >= 0.6 is 11.8 Å². The number of rotatable bonds is 1. The topological polar surface area (TPSA) is 15.8 Å². The number of halogens is 2. The predicted octanol–water partition coefficient (Wildman–Crippen LogP) is 3.17. The molecule has 1 aromatic carbocycles. The third kappa shape index (κ3) is 1.31. The molecule has 0 aliphatic heterocycles. The van der Waals surface area contributed by atoms with Gasteiger partial charge in [0, 0.05) is 22.5 Å². The van der Waals surface area contributed by atoms with Crippen LogP contribution in [0.5, 0.6) is 0 Å². The molecule has 0 saturated carbocycles. The van der Waals surface area contributed by atoms with Gasteiger partial charge in [-0.25, -0.2) is 8.78 Å². The molecule has 1 nitrogen and oxygen atoms in total. The van der Waals surface area contributed by atoms with E-state index in [1.807, 2.05) is 6.26 Å². The molecule has 2 rings (SSSR count). The number of benzene rings is 1. The monoisotopic (exact) mass is 199 g/mol. The number of hydrogen-bond acceptors (Lipinski definition) is 1. The van der Waals surface area contributed by atoms with Crippen LogP contribution in [0.4, 0.5) is 8.78 Å². The Morgan fingerprint density at radius 3 is 2.77 bits per heavy atom. The van der Waals surface area contributed by atoms with E-state index in [9.17, 15) is 8.78 Å². The Kier molecular flexibility index (Phi) is 2.00. The molecule has 0 saturated heterocycles. The Balaban J connectivity index is 2.82. The Labute approximate surface area is 78.1 Å². The van der Waals surface area contributed by atoms with Crippen LogP contribution in [0.15, 0.2) is 23.2 Å². The number of fused-ring (bicyclic) bond motifs is 1. The van der Waals surface area contributed by atoms with Crippen LogP contribution in [0, 0.1) is 11.6 Å². The number of aromatic amines is 1. The van der Waals surface area contributed by atoms with Crippen molar-refractivity contribution in [1.29, 1.82) is 0 Å². The number of aromatic nitrogens is 1. The van der Waals surface area contributed by atoms with Gasteiger partial charge in [-0.15, -0.1) is 11.8 Å². The van der Waals surface area contributed by atoms with Crippen LogP contribution in [0.25, 0.3) is 10.9 Å². The molecule has 0 bridgehead atoms. The summed E-state index contributed by atoms with van der Waals surface area (Å²) >= 11 is 1.46. The summed E-state index contributed by atoms with van der Waals surface area (Å²) < 4.78 is 25.9. The second-order valence-electron chi connectivity index (χ2n) is 2.67. The first-order valence-electron chi connectivity index (χ1n) is 3.72. The second kappa shape index (κ2) is 3.03. The Bertz CT molecular complexity index is 450. The van der Waals surface area contributed by atoms with Crippen LogP contribution in [0.1, 0.15) is 0 Å². The van der Waals surface area contributed by atoms with Gasteiger partial charge in [0.25, 0.3) is 0 Å². The average Bonchev–Trinajstić information content (AvgIpc) is 2.47. The van der Waals surface area contributed by atoms with E-state index >= 15 is 0 Å². The van der Waals surface area contributed by atoms with Crippen LogP contribution < -0.4 is 0 Å². The van der Waals surface area contributed by atoms with E-state index in [-0.39, 0.29) is 0 Å². The van der Waals surface area contributed by atoms with E-state index in [1.54, 1.807) is 6.20 Å². The molecule has 68 valence electrons. The largest absolute Gasteiger partial charge is 0.358 e. The van der Waals surface area contributed by atoms with Crippen molar-refractivity contribution < 1.29 is 8.78 Å². The summed E-state index contributed by atoms with van der Waals surface area (Å²) in [7, 11) is 0. The highest BCUT2D eigenvalue weighted by Gasteiger charge is 2.08. The molecule has 1 N–H and O–H groups in total. The zero-order chi connectivity index (χ0) is 9.42. The van der Waals surface area contributed by atoms with Crippen molar-refractivity contribution in [3.8, 4) is 0 Å². The Morgan fingerprint density at radius 2 is 2.08 bits per heavy atom. The van der Waals surface area contributed by atoms with Crippen LogP contribution in [0.3, 0.4) is 0 Å². The number of thioether (sulfide) groups is 1. The summed E-state index contributed by atoms with van der Waals surface area (Å²) in [5, 5.41) is 0.602. The van der Waals surface area contributed by atoms with Crippen LogP contribution in [0.2, 0.25) is 0 Å². The standard InChI is InChI=1S/C9H7F2NS/c1-13-8-4-12-9-6(8)2-5(10)3-7(9)11/h2-4,12H,1H3. The molecule has 13 heavy (non-hydrogen) atoms. The molecular formula is C9H7F2NS. The average molecular weight is 199 g/mol. The van der Waals surface area contributed by atoms with E-state index in [1.165, 1.54) is 17.8 Å². The lowest BCUT2D eigenvalue weighted by Crippen LogP contribution is -1.81. The third-order valence-corrected chi connectivity index (χ3v) is 2.67. The van der Waals surface area contributed by atoms with Gasteiger partial charge in [0.15, 0.2) is 0 Å². The fourth-order valence-electron chi connectivity index (χ4n) is 1.30. The van der Waals surface area contributed by atoms with Crippen molar-refractivity contribution in [2.45, 2.75) is 4.90 Å². The lowest BCUT2D eigenvalue weighted by atomic mass is 10.2. The maximum atomic E-state index is 13.1. The molecule has 0 radical (unpaired) electrons. The Hall–Kier alpha value is -1.03. The van der Waals surface area contributed by atoms with Gasteiger partial charge in [-0.3, -0.25) is 0 Å². The molecule has 0 aliphatic carbocycles. The highest BCUT2D eigenvalue weighted by atomic mass is 32.2. The lowest BCUT2D eigenvalue weighted by Gasteiger charge is -1.95. The molecular weight excluding hydrogens is 192 g/mol. The minimum absolute atomic E-state index is 0.366. The molecule has 2 aromatic rings. The third-order valence-electron chi connectivity index (χ3n) is 1.89. The van der Waals surface area contributed by atoms with Crippen molar-refractivity contribution in [2.24, 2.45) is 0 Å². The number of H-pyrrole nitrogens is 1. The van der Waals surface area contributed by atoms with Gasteiger partial charge in [-0.05, 0) is 12.3 Å². The molecule has 0 amide bonds. The van der Waals surface area contributed by atoms with E-state index in [4.69, 9.17) is 0 Å². The summed E-state index contributed by atoms with van der Waals surface area (Å²) in [5.41, 5.74) is 0.366. The fourth-order valence-corrected chi connectivity index (χ4v) is 1.86. The van der Waals surface area contributed by atoms with Gasteiger partial charge >= 0.3 is 0 Å². The molecule has 1 heterocycles. The number of hydrogen-bond donors (Lipinski definition) is 1. The maximum Gasteiger partial charge on any atom is 0.150 e. The van der Waals surface area contributed by atoms with Crippen molar-refractivity contribution in [1.82, 2.24) is 4.98 Å². The zero-order valence-corrected chi connectivity index (χ0v) is 7.71. The quantitative estimate of drug-likeness (QED) is 0.697. The normalized spacial score (nSPS) is 11.0. The first-order chi connectivity index (χ1) is 6.22. The van der Waals surface area contributed by atoms with Gasteiger partial charge in [-0.1, -0.05) is 0 Å². The van der Waals surface area contributed by atoms with Crippen molar-refractivity contribution in [3.05, 3.63) is 30.0 Å². The number of nitrogens with one attached hydrogen (secondary N) is 1.